The zero-order valence-corrected chi connectivity index (χ0v) is 13.9. The Hall–Kier alpha value is -2.44. The number of esters is 1. The fourth-order valence-electron chi connectivity index (χ4n) is 2.32. The van der Waals surface area contributed by atoms with Gasteiger partial charge in [-0.15, -0.1) is 0 Å². The highest BCUT2D eigenvalue weighted by molar-refractivity contribution is 6.00. The number of carbonyl (C=O) groups excluding carboxylic acids is 2. The van der Waals surface area contributed by atoms with Gasteiger partial charge in [0.2, 0.25) is 0 Å². The van der Waals surface area contributed by atoms with Gasteiger partial charge in [0.1, 0.15) is 5.76 Å². The maximum absolute atomic E-state index is 12.2. The molecular weight excluding hydrogens is 312 g/mol. The molecule has 1 aromatic carbocycles. The summed E-state index contributed by atoms with van der Waals surface area (Å²) >= 11 is 0. The maximum Gasteiger partial charge on any atom is 0.342 e. The van der Waals surface area contributed by atoms with E-state index in [1.165, 1.54) is 21.3 Å². The molecule has 128 valence electrons. The molecule has 0 heterocycles. The summed E-state index contributed by atoms with van der Waals surface area (Å²) in [6.07, 6.45) is 3.51. The van der Waals surface area contributed by atoms with Gasteiger partial charge in [0.05, 0.1) is 12.7 Å². The van der Waals surface area contributed by atoms with Gasteiger partial charge in [-0.3, -0.25) is 4.79 Å². The number of ether oxygens (including phenoxy) is 4. The summed E-state index contributed by atoms with van der Waals surface area (Å²) in [4.78, 5) is 24.2. The van der Waals surface area contributed by atoms with Crippen molar-refractivity contribution in [2.75, 3.05) is 27.9 Å². The monoisotopic (exact) mass is 332 g/mol. The van der Waals surface area contributed by atoms with Gasteiger partial charge in [-0.2, -0.15) is 0 Å². The molecule has 2 rings (SSSR count). The van der Waals surface area contributed by atoms with E-state index in [4.69, 9.17) is 18.9 Å². The lowest BCUT2D eigenvalue weighted by atomic mass is 10.00. The summed E-state index contributed by atoms with van der Waals surface area (Å²) in [6.45, 7) is -0.336. The molecule has 0 atom stereocenters. The first-order valence-corrected chi connectivity index (χ1v) is 7.38. The molecule has 0 radical (unpaired) electrons. The molecule has 0 fully saturated rings. The van der Waals surface area contributed by atoms with E-state index in [0.29, 0.717) is 12.0 Å². The van der Waals surface area contributed by atoms with E-state index in [9.17, 15) is 9.59 Å². The Morgan fingerprint density at radius 1 is 1.08 bits per heavy atom. The Labute approximate surface area is 140 Å². The Morgan fingerprint density at radius 3 is 2.33 bits per heavy atom. The first-order chi connectivity index (χ1) is 11.5. The molecule has 0 saturated heterocycles. The summed E-state index contributed by atoms with van der Waals surface area (Å²) in [7, 11) is 4.44. The average Bonchev–Trinajstić information content (AvgIpc) is 2.65. The quantitative estimate of drug-likeness (QED) is 0.433. The largest absolute Gasteiger partial charge is 0.496 e. The van der Waals surface area contributed by atoms with Gasteiger partial charge in [-0.1, -0.05) is 36.4 Å². The maximum atomic E-state index is 12.2. The van der Waals surface area contributed by atoms with Gasteiger partial charge < -0.3 is 18.9 Å². The van der Waals surface area contributed by atoms with Crippen LogP contribution in [-0.4, -0.2) is 45.5 Å². The van der Waals surface area contributed by atoms with Crippen LogP contribution in [0.4, 0.5) is 0 Å². The molecular formula is C18H20O6. The van der Waals surface area contributed by atoms with Gasteiger partial charge in [0, 0.05) is 32.3 Å². The summed E-state index contributed by atoms with van der Waals surface area (Å²) in [6, 6.07) is 8.65. The van der Waals surface area contributed by atoms with Crippen LogP contribution in [-0.2, 0) is 23.7 Å². The van der Waals surface area contributed by atoms with Crippen LogP contribution in [0, 0.1) is 0 Å². The van der Waals surface area contributed by atoms with E-state index in [1.54, 1.807) is 36.4 Å². The molecule has 0 spiro atoms. The van der Waals surface area contributed by atoms with E-state index in [0.717, 1.165) is 0 Å². The van der Waals surface area contributed by atoms with Crippen molar-refractivity contribution in [1.82, 2.24) is 0 Å². The lowest BCUT2D eigenvalue weighted by Crippen LogP contribution is -2.34. The van der Waals surface area contributed by atoms with Crippen LogP contribution in [0.3, 0.4) is 0 Å². The highest BCUT2D eigenvalue weighted by Gasteiger charge is 2.34. The lowest BCUT2D eigenvalue weighted by Gasteiger charge is -2.30. The Morgan fingerprint density at radius 2 is 1.75 bits per heavy atom. The van der Waals surface area contributed by atoms with Crippen LogP contribution in [0.5, 0.6) is 0 Å². The minimum atomic E-state index is -0.977. The molecule has 1 aliphatic rings. The molecule has 0 aromatic heterocycles. The topological polar surface area (TPSA) is 71.1 Å². The van der Waals surface area contributed by atoms with E-state index in [-0.39, 0.29) is 23.7 Å². The fraction of sp³-hybridized carbons (Fsp3) is 0.333. The summed E-state index contributed by atoms with van der Waals surface area (Å²) in [5, 5.41) is 0. The molecule has 6 heteroatoms. The third kappa shape index (κ3) is 3.90. The normalized spacial score (nSPS) is 16.0. The molecule has 1 aromatic rings. The lowest BCUT2D eigenvalue weighted by molar-refractivity contribution is -0.170. The second-order valence-electron chi connectivity index (χ2n) is 5.12. The van der Waals surface area contributed by atoms with E-state index >= 15 is 0 Å². The average molecular weight is 332 g/mol. The molecule has 24 heavy (non-hydrogen) atoms. The standard InChI is InChI=1S/C18H20O6/c1-21-16-11-18(22-2,23-3)10-9-14(16)17(20)24-12-15(19)13-7-5-4-6-8-13/h4-9,11H,10,12H2,1-3H3. The number of rotatable bonds is 7. The summed E-state index contributed by atoms with van der Waals surface area (Å²) in [5.74, 6) is -1.60. The van der Waals surface area contributed by atoms with Crippen molar-refractivity contribution in [1.29, 1.82) is 0 Å². The van der Waals surface area contributed by atoms with Crippen LogP contribution in [0.25, 0.3) is 0 Å². The van der Waals surface area contributed by atoms with Crippen molar-refractivity contribution in [3.63, 3.8) is 0 Å². The number of hydrogen-bond donors (Lipinski definition) is 0. The minimum Gasteiger partial charge on any atom is -0.496 e. The van der Waals surface area contributed by atoms with Crippen LogP contribution in [0.1, 0.15) is 16.8 Å². The molecule has 0 N–H and O–H groups in total. The third-order valence-electron chi connectivity index (χ3n) is 3.77. The Balaban J connectivity index is 2.03. The van der Waals surface area contributed by atoms with Crippen molar-refractivity contribution in [2.24, 2.45) is 0 Å². The molecule has 6 nitrogen and oxygen atoms in total. The van der Waals surface area contributed by atoms with Gasteiger partial charge in [0.25, 0.3) is 0 Å². The van der Waals surface area contributed by atoms with Gasteiger partial charge in [-0.25, -0.2) is 4.79 Å². The van der Waals surface area contributed by atoms with Crippen LogP contribution in [0.2, 0.25) is 0 Å². The molecule has 0 saturated carbocycles. The predicted octanol–water partition coefficient (Wildman–Crippen LogP) is 2.26. The predicted molar refractivity (Wildman–Crippen MR) is 86.3 cm³/mol. The Bertz CT molecular complexity index is 655. The van der Waals surface area contributed by atoms with Crippen molar-refractivity contribution in [2.45, 2.75) is 12.2 Å². The molecule has 0 amide bonds. The minimum absolute atomic E-state index is 0.239. The van der Waals surface area contributed by atoms with Crippen LogP contribution < -0.4 is 0 Å². The van der Waals surface area contributed by atoms with Crippen molar-refractivity contribution in [3.05, 3.63) is 59.4 Å². The molecule has 1 aliphatic carbocycles. The second-order valence-corrected chi connectivity index (χ2v) is 5.12. The molecule has 0 bridgehead atoms. The zero-order valence-electron chi connectivity index (χ0n) is 13.9. The number of benzene rings is 1. The Kier molecular flexibility index (Phi) is 5.89. The van der Waals surface area contributed by atoms with Crippen LogP contribution in [0.15, 0.2) is 53.8 Å². The molecule has 0 unspecified atom stereocenters. The number of hydrogen-bond acceptors (Lipinski definition) is 6. The number of carbonyl (C=O) groups is 2. The van der Waals surface area contributed by atoms with Crippen LogP contribution >= 0.6 is 0 Å². The van der Waals surface area contributed by atoms with E-state index in [1.807, 2.05) is 6.07 Å². The number of ketones is 1. The first kappa shape index (κ1) is 17.9. The number of methoxy groups -OCH3 is 3. The van der Waals surface area contributed by atoms with Crippen molar-refractivity contribution in [3.8, 4) is 0 Å². The molecule has 0 aliphatic heterocycles. The summed E-state index contributed by atoms with van der Waals surface area (Å²) < 4.78 is 21.0. The van der Waals surface area contributed by atoms with E-state index in [2.05, 4.69) is 0 Å². The summed E-state index contributed by atoms with van der Waals surface area (Å²) in [5.41, 5.74) is 0.728. The van der Waals surface area contributed by atoms with Crippen molar-refractivity contribution >= 4 is 11.8 Å². The second kappa shape index (κ2) is 7.90. The van der Waals surface area contributed by atoms with Crippen molar-refractivity contribution < 1.29 is 28.5 Å². The zero-order chi connectivity index (χ0) is 17.6. The third-order valence-corrected chi connectivity index (χ3v) is 3.77. The van der Waals surface area contributed by atoms with Gasteiger partial charge in [-0.05, 0) is 0 Å². The first-order valence-electron chi connectivity index (χ1n) is 7.38. The highest BCUT2D eigenvalue weighted by Crippen LogP contribution is 2.30. The SMILES string of the molecule is COC1=CC(OC)(OC)CC=C1C(=O)OCC(=O)c1ccccc1. The number of Topliss-reactive ketones (excluding diaryl/α,β-unsaturated/α-hetero) is 1. The fourth-order valence-corrected chi connectivity index (χ4v) is 2.32. The van der Waals surface area contributed by atoms with Gasteiger partial charge >= 0.3 is 5.97 Å². The highest BCUT2D eigenvalue weighted by atomic mass is 16.7. The smallest absolute Gasteiger partial charge is 0.342 e. The van der Waals surface area contributed by atoms with E-state index < -0.39 is 11.8 Å². The van der Waals surface area contributed by atoms with Gasteiger partial charge in [0.15, 0.2) is 18.2 Å².